The monoisotopic (exact) mass is 425 g/mol. The number of benzene rings is 2. The van der Waals surface area contributed by atoms with E-state index in [1.165, 1.54) is 4.90 Å². The van der Waals surface area contributed by atoms with Gasteiger partial charge in [-0.3, -0.25) is 14.4 Å². The summed E-state index contributed by atoms with van der Waals surface area (Å²) in [6, 6.07) is 15.8. The summed E-state index contributed by atoms with van der Waals surface area (Å²) in [4.78, 5) is 39.0. The molecule has 166 valence electrons. The molecule has 31 heavy (non-hydrogen) atoms. The first-order valence-electron chi connectivity index (χ1n) is 10.4. The smallest absolute Gasteiger partial charge is 0.258 e. The van der Waals surface area contributed by atoms with Crippen molar-refractivity contribution in [2.75, 3.05) is 25.5 Å². The molecule has 7 heteroatoms. The van der Waals surface area contributed by atoms with Crippen molar-refractivity contribution >= 4 is 23.4 Å². The van der Waals surface area contributed by atoms with Crippen LogP contribution in [0.15, 0.2) is 54.6 Å². The van der Waals surface area contributed by atoms with E-state index >= 15 is 0 Å². The summed E-state index contributed by atoms with van der Waals surface area (Å²) in [5.74, 6) is -0.601. The van der Waals surface area contributed by atoms with E-state index in [1.807, 2.05) is 63.2 Å². The van der Waals surface area contributed by atoms with Crippen molar-refractivity contribution in [2.45, 2.75) is 33.2 Å². The normalized spacial score (nSPS) is 11.5. The van der Waals surface area contributed by atoms with Crippen LogP contribution >= 0.6 is 0 Å². The van der Waals surface area contributed by atoms with Crippen molar-refractivity contribution in [1.82, 2.24) is 10.2 Å². The predicted octanol–water partition coefficient (Wildman–Crippen LogP) is 2.87. The van der Waals surface area contributed by atoms with E-state index in [9.17, 15) is 14.4 Å². The molecule has 0 aliphatic carbocycles. The van der Waals surface area contributed by atoms with Crippen molar-refractivity contribution in [2.24, 2.45) is 5.92 Å². The second-order valence-corrected chi connectivity index (χ2v) is 7.64. The zero-order valence-electron chi connectivity index (χ0n) is 18.6. The lowest BCUT2D eigenvalue weighted by Crippen LogP contribution is -2.52. The Hall–Kier alpha value is -3.35. The lowest BCUT2D eigenvalue weighted by molar-refractivity contribution is -0.138. The van der Waals surface area contributed by atoms with Crippen LogP contribution in [0.3, 0.4) is 0 Å². The summed E-state index contributed by atoms with van der Waals surface area (Å²) in [5.41, 5.74) is 1.76. The van der Waals surface area contributed by atoms with Gasteiger partial charge < -0.3 is 20.3 Å². The Morgan fingerprint density at radius 1 is 0.968 bits per heavy atom. The van der Waals surface area contributed by atoms with Crippen LogP contribution in [0.1, 0.15) is 26.3 Å². The van der Waals surface area contributed by atoms with Gasteiger partial charge in [-0.25, -0.2) is 0 Å². The van der Waals surface area contributed by atoms with Crippen molar-refractivity contribution in [3.63, 3.8) is 0 Å². The Balaban J connectivity index is 1.92. The first-order chi connectivity index (χ1) is 14.8. The molecule has 0 bridgehead atoms. The highest BCUT2D eigenvalue weighted by Gasteiger charge is 2.28. The third-order valence-electron chi connectivity index (χ3n) is 4.79. The minimum absolute atomic E-state index is 0.115. The Kier molecular flexibility index (Phi) is 9.06. The molecule has 0 saturated carbocycles. The molecule has 7 nitrogen and oxygen atoms in total. The van der Waals surface area contributed by atoms with Gasteiger partial charge in [0, 0.05) is 12.7 Å². The van der Waals surface area contributed by atoms with Gasteiger partial charge in [0.05, 0.1) is 6.54 Å². The molecule has 1 atom stereocenters. The van der Waals surface area contributed by atoms with Crippen LogP contribution in [0.2, 0.25) is 0 Å². The number of nitrogens with one attached hydrogen (secondary N) is 2. The average molecular weight is 426 g/mol. The van der Waals surface area contributed by atoms with E-state index in [0.717, 1.165) is 17.7 Å². The lowest BCUT2D eigenvalue weighted by atomic mass is 10.0. The summed E-state index contributed by atoms with van der Waals surface area (Å²) in [7, 11) is 1.55. The maximum Gasteiger partial charge on any atom is 0.258 e. The fourth-order valence-corrected chi connectivity index (χ4v) is 3.07. The van der Waals surface area contributed by atoms with E-state index in [1.54, 1.807) is 19.2 Å². The molecule has 0 saturated heterocycles. The predicted molar refractivity (Wildman–Crippen MR) is 121 cm³/mol. The molecule has 0 unspecified atom stereocenters. The summed E-state index contributed by atoms with van der Waals surface area (Å²) < 4.78 is 5.44. The third kappa shape index (κ3) is 7.44. The van der Waals surface area contributed by atoms with Gasteiger partial charge in [0.25, 0.3) is 5.91 Å². The molecule has 0 aromatic heterocycles. The Labute approximate surface area is 183 Å². The Bertz CT molecular complexity index is 883. The Morgan fingerprint density at radius 2 is 1.61 bits per heavy atom. The summed E-state index contributed by atoms with van der Waals surface area (Å²) in [6.07, 6.45) is 0.789. The van der Waals surface area contributed by atoms with Gasteiger partial charge in [-0.15, -0.1) is 0 Å². The number of likely N-dealkylation sites (N-methyl/N-ethyl adjacent to an activating group) is 1. The number of carbonyl (C=O) groups excluding carboxylic acids is 3. The molecule has 0 heterocycles. The van der Waals surface area contributed by atoms with Crippen LogP contribution in [-0.4, -0.2) is 48.9 Å². The minimum atomic E-state index is -0.757. The quantitative estimate of drug-likeness (QED) is 0.613. The first kappa shape index (κ1) is 23.9. The number of nitrogens with zero attached hydrogens (tertiary/aromatic N) is 1. The molecule has 0 fully saturated rings. The van der Waals surface area contributed by atoms with Gasteiger partial charge >= 0.3 is 0 Å². The largest absolute Gasteiger partial charge is 0.484 e. The topological polar surface area (TPSA) is 87.7 Å². The number of para-hydroxylation sites is 2. The number of ether oxygens (including phenoxy) is 1. The molecule has 3 amide bonds. The van der Waals surface area contributed by atoms with E-state index in [2.05, 4.69) is 10.6 Å². The highest BCUT2D eigenvalue weighted by molar-refractivity contribution is 5.96. The van der Waals surface area contributed by atoms with Crippen molar-refractivity contribution in [1.29, 1.82) is 0 Å². The highest BCUT2D eigenvalue weighted by atomic mass is 16.5. The molecule has 0 aliphatic rings. The van der Waals surface area contributed by atoms with Gasteiger partial charge in [-0.1, -0.05) is 57.2 Å². The number of anilines is 1. The zero-order chi connectivity index (χ0) is 22.8. The zero-order valence-corrected chi connectivity index (χ0v) is 18.6. The van der Waals surface area contributed by atoms with Crippen molar-refractivity contribution in [3.8, 4) is 5.75 Å². The highest BCUT2D eigenvalue weighted by Crippen LogP contribution is 2.15. The van der Waals surface area contributed by atoms with Gasteiger partial charge in [0.15, 0.2) is 6.61 Å². The van der Waals surface area contributed by atoms with Crippen LogP contribution in [0.5, 0.6) is 5.75 Å². The minimum Gasteiger partial charge on any atom is -0.484 e. The lowest BCUT2D eigenvalue weighted by Gasteiger charge is -2.27. The number of aryl methyl sites for hydroxylation is 1. The number of amides is 3. The molecular formula is C24H31N3O4. The summed E-state index contributed by atoms with van der Waals surface area (Å²) in [6.45, 7) is 5.38. The fraction of sp³-hybridized carbons (Fsp3) is 0.375. The molecule has 2 aromatic carbocycles. The van der Waals surface area contributed by atoms with E-state index in [-0.39, 0.29) is 30.9 Å². The average Bonchev–Trinajstić information content (AvgIpc) is 2.76. The molecule has 2 aromatic rings. The van der Waals surface area contributed by atoms with Crippen LogP contribution in [0.4, 0.5) is 5.69 Å². The number of carbonyl (C=O) groups is 3. The van der Waals surface area contributed by atoms with E-state index in [4.69, 9.17) is 4.74 Å². The number of hydrogen-bond acceptors (Lipinski definition) is 4. The van der Waals surface area contributed by atoms with Gasteiger partial charge in [-0.2, -0.15) is 0 Å². The molecule has 0 spiro atoms. The van der Waals surface area contributed by atoms with Crippen molar-refractivity contribution < 1.29 is 19.1 Å². The molecular weight excluding hydrogens is 394 g/mol. The van der Waals surface area contributed by atoms with Gasteiger partial charge in [0.1, 0.15) is 11.8 Å². The SMILES string of the molecule is CCc1ccccc1NC(=O)CN(C)C(=O)[C@@H](NC(=O)COc1ccccc1)C(C)C. The molecule has 2 N–H and O–H groups in total. The second-order valence-electron chi connectivity index (χ2n) is 7.64. The van der Waals surface area contributed by atoms with Crippen molar-refractivity contribution in [3.05, 3.63) is 60.2 Å². The maximum atomic E-state index is 12.9. The molecule has 0 aliphatic heterocycles. The number of rotatable bonds is 10. The van der Waals surface area contributed by atoms with Crippen LogP contribution in [-0.2, 0) is 20.8 Å². The van der Waals surface area contributed by atoms with Crippen LogP contribution < -0.4 is 15.4 Å². The molecule has 0 radical (unpaired) electrons. The van der Waals surface area contributed by atoms with Crippen LogP contribution in [0.25, 0.3) is 0 Å². The second kappa shape index (κ2) is 11.7. The molecule has 2 rings (SSSR count). The standard InChI is InChI=1S/C24H31N3O4/c1-5-18-11-9-10-14-20(18)25-21(28)15-27(4)24(30)23(17(2)3)26-22(29)16-31-19-12-7-6-8-13-19/h6-14,17,23H,5,15-16H2,1-4H3,(H,25,28)(H,26,29)/t23-/m0/s1. The van der Waals surface area contributed by atoms with E-state index < -0.39 is 11.9 Å². The van der Waals surface area contributed by atoms with Gasteiger partial charge in [-0.05, 0) is 36.1 Å². The fourth-order valence-electron chi connectivity index (χ4n) is 3.07. The van der Waals surface area contributed by atoms with Gasteiger partial charge in [0.2, 0.25) is 11.8 Å². The van der Waals surface area contributed by atoms with E-state index in [0.29, 0.717) is 5.75 Å². The van der Waals surface area contributed by atoms with Crippen LogP contribution in [0, 0.1) is 5.92 Å². The first-order valence-corrected chi connectivity index (χ1v) is 10.4. The summed E-state index contributed by atoms with van der Waals surface area (Å²) >= 11 is 0. The number of hydrogen-bond donors (Lipinski definition) is 2. The third-order valence-corrected chi connectivity index (χ3v) is 4.79. The maximum absolute atomic E-state index is 12.9. The summed E-state index contributed by atoms with van der Waals surface area (Å²) in [5, 5.41) is 5.58. The Morgan fingerprint density at radius 3 is 2.26 bits per heavy atom.